The molecule has 0 bridgehead atoms. The van der Waals surface area contributed by atoms with Gasteiger partial charge < -0.3 is 30.7 Å². The lowest BCUT2D eigenvalue weighted by Crippen LogP contribution is -2.32. The zero-order valence-electron chi connectivity index (χ0n) is 71.1. The molecule has 4 heterocycles. The molecule has 16 rings (SSSR count). The number of nitrogens with one attached hydrogen (secondary N) is 8. The number of methoxy groups -OCH3 is 2. The molecule has 12 aromatic rings. The molecule has 6 atom stereocenters. The molecule has 0 spiro atoms. The maximum Gasteiger partial charge on any atom is 0.272 e. The second kappa shape index (κ2) is 46.1. The number of fused-ring (bicyclic) bond motifs is 4. The number of amides is 4. The van der Waals surface area contributed by atoms with Gasteiger partial charge in [-0.2, -0.15) is 20.4 Å². The number of benzene rings is 8. The molecule has 124 heavy (non-hydrogen) atoms. The van der Waals surface area contributed by atoms with Crippen LogP contribution in [0.2, 0.25) is 20.1 Å². The number of halogens is 4. The SMILES string of the molecule is COC[C@H](NC(=O)c1n[nH]c2c1CCCCC[C@@H]2Cc1cccc(Cl)c1)c1ccccc1.COC[C@H](NC(=O)c1n[nH]c2c1CCCCC[C@H]2Cc1cccc(Cl)c1)c1ccccc1.C[C@@H](NC(=O)c1[nH]nc2c1CCCCC/C2=C\c1cccc(Cl)c1)c1ccccc1.C[C@H](NC(=O)c1[nH]nc2c1CCCCC/C2=C\c1cccc(Cl)c1)c1ccccc1. The Hall–Kier alpha value is -11.0. The molecule has 4 aliphatic rings. The van der Waals surface area contributed by atoms with Gasteiger partial charge in [-0.3, -0.25) is 39.6 Å². The standard InChI is InChI=1S/2C26H30ClN3O2.2C25H26ClN3O/c2*1-32-17-23(19-10-4-2-5-11-19)28-26(31)25-22-14-7-3-6-12-20(24(22)29-30-25)15-18-9-8-13-21(27)16-18;2*1-17(19-10-4-2-5-11-19)27-25(30)24-22-14-7-3-6-12-20(23(22)28-29-24)15-18-9-8-13-21(26)16-18/h2*2,4-5,8-11,13,16,20,23H,3,6-7,12,14-15,17H2,1H3,(H,28,31)(H,29,30);2*2,4-5,8-11,13,15-17H,3,6-7,12,14H2,1H3,(H,27,30)(H,28,29)/b;;2*20-15+/t20-,23+;20-,23-;2*17-/m1010/s1. The smallest absolute Gasteiger partial charge is 0.272 e. The Morgan fingerprint density at radius 1 is 0.371 bits per heavy atom. The van der Waals surface area contributed by atoms with E-state index in [1.807, 2.05) is 220 Å². The van der Waals surface area contributed by atoms with Crippen molar-refractivity contribution >= 4 is 93.3 Å². The van der Waals surface area contributed by atoms with E-state index in [-0.39, 0.29) is 47.8 Å². The first-order valence-corrected chi connectivity index (χ1v) is 45.2. The summed E-state index contributed by atoms with van der Waals surface area (Å²) < 4.78 is 10.7. The van der Waals surface area contributed by atoms with Crippen LogP contribution in [0.1, 0.15) is 284 Å². The van der Waals surface area contributed by atoms with Gasteiger partial charge in [-0.25, -0.2) is 0 Å². The van der Waals surface area contributed by atoms with Crippen molar-refractivity contribution in [2.75, 3.05) is 27.4 Å². The van der Waals surface area contributed by atoms with Crippen LogP contribution in [0.3, 0.4) is 0 Å². The number of rotatable bonds is 22. The van der Waals surface area contributed by atoms with Crippen molar-refractivity contribution in [1.82, 2.24) is 62.1 Å². The quantitative estimate of drug-likeness (QED) is 0.0319. The van der Waals surface area contributed by atoms with E-state index in [1.165, 1.54) is 24.0 Å². The van der Waals surface area contributed by atoms with Crippen LogP contribution in [-0.2, 0) is 48.0 Å². The molecule has 4 aliphatic carbocycles. The first-order valence-electron chi connectivity index (χ1n) is 43.7. The van der Waals surface area contributed by atoms with Crippen molar-refractivity contribution in [2.45, 2.75) is 191 Å². The Morgan fingerprint density at radius 3 is 1.07 bits per heavy atom. The molecule has 644 valence electrons. The lowest BCUT2D eigenvalue weighted by atomic mass is 9.85. The predicted molar refractivity (Wildman–Crippen MR) is 499 cm³/mol. The third-order valence-electron chi connectivity index (χ3n) is 23.6. The summed E-state index contributed by atoms with van der Waals surface area (Å²) in [6.45, 7) is 4.80. The first kappa shape index (κ1) is 90.8. The number of aromatic amines is 4. The number of hydrogen-bond donors (Lipinski definition) is 8. The van der Waals surface area contributed by atoms with E-state index in [2.05, 4.69) is 86.3 Å². The summed E-state index contributed by atoms with van der Waals surface area (Å²) in [5.74, 6) is 0.0555. The van der Waals surface area contributed by atoms with Crippen molar-refractivity contribution in [3.8, 4) is 0 Å². The first-order chi connectivity index (χ1) is 60.5. The van der Waals surface area contributed by atoms with Crippen LogP contribution >= 0.6 is 46.4 Å². The molecule has 22 heteroatoms. The van der Waals surface area contributed by atoms with Gasteiger partial charge in [-0.1, -0.05) is 255 Å². The molecule has 0 aliphatic heterocycles. The maximum absolute atomic E-state index is 13.3. The lowest BCUT2D eigenvalue weighted by Gasteiger charge is -2.21. The van der Waals surface area contributed by atoms with Gasteiger partial charge in [0.1, 0.15) is 11.4 Å². The zero-order valence-corrected chi connectivity index (χ0v) is 74.1. The number of aromatic nitrogens is 8. The number of nitrogens with zero attached hydrogens (tertiary/aromatic N) is 4. The van der Waals surface area contributed by atoms with Gasteiger partial charge in [0.25, 0.3) is 23.6 Å². The molecule has 0 saturated carbocycles. The van der Waals surface area contributed by atoms with E-state index in [0.29, 0.717) is 57.9 Å². The van der Waals surface area contributed by atoms with Crippen molar-refractivity contribution in [1.29, 1.82) is 0 Å². The number of ether oxygens (including phenoxy) is 2. The second-order valence-electron chi connectivity index (χ2n) is 32.6. The third kappa shape index (κ3) is 25.2. The number of carbonyl (C=O) groups is 4. The van der Waals surface area contributed by atoms with E-state index in [9.17, 15) is 19.2 Å². The molecule has 8 aromatic carbocycles. The minimum absolute atomic E-state index is 0.0762. The van der Waals surface area contributed by atoms with Crippen LogP contribution in [0.4, 0.5) is 0 Å². The van der Waals surface area contributed by atoms with Gasteiger partial charge in [-0.15, -0.1) is 0 Å². The second-order valence-corrected chi connectivity index (χ2v) is 34.4. The molecular weight excluding hydrogens is 1630 g/mol. The highest BCUT2D eigenvalue weighted by atomic mass is 35.5. The van der Waals surface area contributed by atoms with E-state index in [0.717, 1.165) is 228 Å². The maximum atomic E-state index is 13.3. The van der Waals surface area contributed by atoms with E-state index in [1.54, 1.807) is 14.2 Å². The van der Waals surface area contributed by atoms with Crippen molar-refractivity contribution in [2.24, 2.45) is 0 Å². The summed E-state index contributed by atoms with van der Waals surface area (Å²) in [6, 6.07) is 70.9. The molecule has 8 N–H and O–H groups in total. The van der Waals surface area contributed by atoms with E-state index < -0.39 is 0 Å². The monoisotopic (exact) mass is 1740 g/mol. The number of allylic oxidation sites excluding steroid dienone is 2. The summed E-state index contributed by atoms with van der Waals surface area (Å²) in [7, 11) is 3.29. The Kier molecular flexibility index (Phi) is 33.8. The highest BCUT2D eigenvalue weighted by molar-refractivity contribution is 6.31. The topological polar surface area (TPSA) is 250 Å². The van der Waals surface area contributed by atoms with Crippen LogP contribution in [-0.4, -0.2) is 91.9 Å². The number of hydrogen-bond acceptors (Lipinski definition) is 10. The van der Waals surface area contributed by atoms with Gasteiger partial charge in [0.05, 0.1) is 48.8 Å². The average Bonchev–Trinajstić information content (AvgIpc) is 1.66. The summed E-state index contributed by atoms with van der Waals surface area (Å²) >= 11 is 24.7. The normalized spacial score (nSPS) is 16.8. The van der Waals surface area contributed by atoms with Gasteiger partial charge >= 0.3 is 0 Å². The van der Waals surface area contributed by atoms with Crippen molar-refractivity contribution in [3.63, 3.8) is 0 Å². The van der Waals surface area contributed by atoms with Crippen LogP contribution in [0, 0.1) is 0 Å². The Labute approximate surface area is 748 Å². The predicted octanol–water partition coefficient (Wildman–Crippen LogP) is 23.7. The van der Waals surface area contributed by atoms with E-state index >= 15 is 0 Å². The fraction of sp³-hybridized carbons (Fsp3) is 0.333. The highest BCUT2D eigenvalue weighted by Crippen LogP contribution is 2.38. The summed E-state index contributed by atoms with van der Waals surface area (Å²) in [6.07, 6.45) is 26.9. The zero-order chi connectivity index (χ0) is 86.5. The largest absolute Gasteiger partial charge is 0.382 e. The average molecular weight is 1740 g/mol. The molecule has 4 aromatic heterocycles. The summed E-state index contributed by atoms with van der Waals surface area (Å²) in [4.78, 5) is 52.7. The fourth-order valence-corrected chi connectivity index (χ4v) is 18.1. The highest BCUT2D eigenvalue weighted by Gasteiger charge is 2.32. The van der Waals surface area contributed by atoms with Crippen LogP contribution < -0.4 is 21.3 Å². The van der Waals surface area contributed by atoms with Crippen LogP contribution in [0.25, 0.3) is 23.3 Å². The molecule has 0 saturated heterocycles. The van der Waals surface area contributed by atoms with Gasteiger partial charge in [0.15, 0.2) is 11.4 Å². The summed E-state index contributed by atoms with van der Waals surface area (Å²) in [5, 5.41) is 46.1. The van der Waals surface area contributed by atoms with Crippen molar-refractivity contribution < 1.29 is 28.7 Å². The summed E-state index contributed by atoms with van der Waals surface area (Å²) in [5.41, 5.74) is 21.3. The van der Waals surface area contributed by atoms with Gasteiger partial charge in [0.2, 0.25) is 0 Å². The van der Waals surface area contributed by atoms with E-state index in [4.69, 9.17) is 55.9 Å². The van der Waals surface area contributed by atoms with Gasteiger partial charge in [0, 0.05) is 79.8 Å². The van der Waals surface area contributed by atoms with Gasteiger partial charge in [-0.05, 0) is 233 Å². The van der Waals surface area contributed by atoms with Crippen molar-refractivity contribution in [3.05, 3.63) is 351 Å². The molecule has 0 radical (unpaired) electrons. The fourth-order valence-electron chi connectivity index (χ4n) is 17.3. The van der Waals surface area contributed by atoms with Crippen LogP contribution in [0.15, 0.2) is 218 Å². The third-order valence-corrected chi connectivity index (χ3v) is 24.6. The Balaban J connectivity index is 0.000000142. The minimum atomic E-state index is -0.225. The number of H-pyrrole nitrogens is 4. The Morgan fingerprint density at radius 2 is 0.710 bits per heavy atom. The molecule has 0 unspecified atom stereocenters. The lowest BCUT2D eigenvalue weighted by molar-refractivity contribution is 0.0883. The molecule has 0 fully saturated rings. The minimum Gasteiger partial charge on any atom is -0.382 e. The molecular formula is C102H112Cl4N12O6. The Bertz CT molecular complexity index is 5200. The number of carbonyl (C=O) groups excluding carboxylic acids is 4. The molecule has 18 nitrogen and oxygen atoms in total. The van der Waals surface area contributed by atoms with Crippen LogP contribution in [0.5, 0.6) is 0 Å². The molecule has 4 amide bonds.